The summed E-state index contributed by atoms with van der Waals surface area (Å²) in [4.78, 5) is 17.5. The van der Waals surface area contributed by atoms with Crippen molar-refractivity contribution in [2.24, 2.45) is 0 Å². The number of nitrogens with one attached hydrogen (secondary N) is 1. The number of carbonyl (C=O) groups excluding carboxylic acids is 1. The number of thiophene rings is 1. The minimum Gasteiger partial charge on any atom is -0.297 e. The number of nitrogens with zero attached hydrogens (tertiary/aromatic N) is 1. The SMILES string of the molecule is Cc1cnc(NC(=O)c2ccc(Br)s2)s1. The molecule has 1 amide bonds. The average Bonchev–Trinajstić information content (AvgIpc) is 2.75. The van der Waals surface area contributed by atoms with Crippen molar-refractivity contribution in [1.82, 2.24) is 4.98 Å². The number of amides is 1. The van der Waals surface area contributed by atoms with E-state index in [1.807, 2.05) is 13.0 Å². The first kappa shape index (κ1) is 10.8. The second-order valence-corrected chi connectivity index (χ2v) is 6.53. The summed E-state index contributed by atoms with van der Waals surface area (Å²) in [6.45, 7) is 1.95. The minimum atomic E-state index is -0.111. The number of thiazole rings is 1. The molecule has 3 nitrogen and oxygen atoms in total. The molecule has 2 aromatic heterocycles. The van der Waals surface area contributed by atoms with Gasteiger partial charge in [0.25, 0.3) is 5.91 Å². The molecule has 0 aliphatic carbocycles. The van der Waals surface area contributed by atoms with E-state index in [1.54, 1.807) is 12.3 Å². The van der Waals surface area contributed by atoms with E-state index in [1.165, 1.54) is 22.7 Å². The third-order valence-corrected chi connectivity index (χ3v) is 4.09. The lowest BCUT2D eigenvalue weighted by molar-refractivity contribution is 0.103. The highest BCUT2D eigenvalue weighted by Crippen LogP contribution is 2.24. The van der Waals surface area contributed by atoms with E-state index in [0.29, 0.717) is 10.0 Å². The van der Waals surface area contributed by atoms with Gasteiger partial charge in [-0.2, -0.15) is 0 Å². The van der Waals surface area contributed by atoms with Crippen molar-refractivity contribution in [3.05, 3.63) is 31.9 Å². The number of hydrogen-bond acceptors (Lipinski definition) is 4. The predicted molar refractivity (Wildman–Crippen MR) is 66.8 cm³/mol. The van der Waals surface area contributed by atoms with Crippen LogP contribution in [0.2, 0.25) is 0 Å². The first-order valence-corrected chi connectivity index (χ1v) is 6.57. The number of halogens is 1. The number of hydrogen-bond donors (Lipinski definition) is 1. The summed E-state index contributed by atoms with van der Waals surface area (Å²) in [6.07, 6.45) is 1.74. The van der Waals surface area contributed by atoms with E-state index in [-0.39, 0.29) is 5.91 Å². The number of carbonyl (C=O) groups is 1. The highest BCUT2D eigenvalue weighted by Gasteiger charge is 2.10. The van der Waals surface area contributed by atoms with E-state index in [4.69, 9.17) is 0 Å². The molecule has 78 valence electrons. The van der Waals surface area contributed by atoms with Gasteiger partial charge in [-0.05, 0) is 35.0 Å². The van der Waals surface area contributed by atoms with Crippen LogP contribution >= 0.6 is 38.6 Å². The van der Waals surface area contributed by atoms with E-state index < -0.39 is 0 Å². The van der Waals surface area contributed by atoms with Crippen LogP contribution < -0.4 is 5.32 Å². The molecule has 0 aromatic carbocycles. The van der Waals surface area contributed by atoms with Crippen LogP contribution in [-0.2, 0) is 0 Å². The van der Waals surface area contributed by atoms with Crippen LogP contribution in [0.15, 0.2) is 22.1 Å². The maximum atomic E-state index is 11.7. The molecule has 2 rings (SSSR count). The van der Waals surface area contributed by atoms with Gasteiger partial charge in [-0.1, -0.05) is 0 Å². The Balaban J connectivity index is 2.10. The van der Waals surface area contributed by atoms with Crippen molar-refractivity contribution in [1.29, 1.82) is 0 Å². The maximum Gasteiger partial charge on any atom is 0.267 e. The molecular formula is C9H7BrN2OS2. The van der Waals surface area contributed by atoms with Crippen LogP contribution in [0.5, 0.6) is 0 Å². The van der Waals surface area contributed by atoms with Gasteiger partial charge in [0.2, 0.25) is 0 Å². The van der Waals surface area contributed by atoms with Gasteiger partial charge in [0.1, 0.15) is 0 Å². The van der Waals surface area contributed by atoms with Gasteiger partial charge in [0, 0.05) is 11.1 Å². The summed E-state index contributed by atoms with van der Waals surface area (Å²) in [7, 11) is 0. The number of rotatable bonds is 2. The predicted octanol–water partition coefficient (Wildman–Crippen LogP) is 3.53. The normalized spacial score (nSPS) is 10.3. The first-order valence-electron chi connectivity index (χ1n) is 4.14. The van der Waals surface area contributed by atoms with Gasteiger partial charge in [0.15, 0.2) is 5.13 Å². The summed E-state index contributed by atoms with van der Waals surface area (Å²) in [5.41, 5.74) is 0. The fourth-order valence-electron chi connectivity index (χ4n) is 1.01. The standard InChI is InChI=1S/C9H7BrN2OS2/c1-5-4-11-9(14-5)12-8(13)6-2-3-7(10)15-6/h2-4H,1H3,(H,11,12,13). The van der Waals surface area contributed by atoms with Crippen LogP contribution in [0.4, 0.5) is 5.13 Å². The van der Waals surface area contributed by atoms with E-state index in [2.05, 4.69) is 26.2 Å². The van der Waals surface area contributed by atoms with Crippen molar-refractivity contribution < 1.29 is 4.79 Å². The van der Waals surface area contributed by atoms with E-state index >= 15 is 0 Å². The smallest absolute Gasteiger partial charge is 0.267 e. The Morgan fingerprint density at radius 1 is 1.47 bits per heavy atom. The summed E-state index contributed by atoms with van der Waals surface area (Å²) >= 11 is 6.19. The molecule has 0 saturated carbocycles. The number of anilines is 1. The van der Waals surface area contributed by atoms with Crippen LogP contribution in [0.25, 0.3) is 0 Å². The van der Waals surface area contributed by atoms with Gasteiger partial charge in [-0.3, -0.25) is 10.1 Å². The monoisotopic (exact) mass is 302 g/mol. The van der Waals surface area contributed by atoms with Crippen LogP contribution in [0, 0.1) is 6.92 Å². The van der Waals surface area contributed by atoms with Gasteiger partial charge >= 0.3 is 0 Å². The number of aromatic nitrogens is 1. The fraction of sp³-hybridized carbons (Fsp3) is 0.111. The highest BCUT2D eigenvalue weighted by atomic mass is 79.9. The Hall–Kier alpha value is -0.720. The minimum absolute atomic E-state index is 0.111. The molecule has 2 heterocycles. The second-order valence-electron chi connectivity index (χ2n) is 2.83. The Labute approximate surface area is 103 Å². The molecule has 1 N–H and O–H groups in total. The Morgan fingerprint density at radius 3 is 2.80 bits per heavy atom. The topological polar surface area (TPSA) is 42.0 Å². The van der Waals surface area contributed by atoms with Crippen molar-refractivity contribution in [3.63, 3.8) is 0 Å². The Morgan fingerprint density at radius 2 is 2.27 bits per heavy atom. The molecule has 0 fully saturated rings. The van der Waals surface area contributed by atoms with Crippen LogP contribution in [0.3, 0.4) is 0 Å². The van der Waals surface area contributed by atoms with Crippen molar-refractivity contribution in [3.8, 4) is 0 Å². The summed E-state index contributed by atoms with van der Waals surface area (Å²) < 4.78 is 0.947. The van der Waals surface area contributed by atoms with Crippen LogP contribution in [-0.4, -0.2) is 10.9 Å². The Bertz CT molecular complexity index is 492. The van der Waals surface area contributed by atoms with E-state index in [9.17, 15) is 4.79 Å². The summed E-state index contributed by atoms with van der Waals surface area (Å²) in [5.74, 6) is -0.111. The molecule has 0 aliphatic rings. The van der Waals surface area contributed by atoms with Crippen molar-refractivity contribution in [2.75, 3.05) is 5.32 Å². The summed E-state index contributed by atoms with van der Waals surface area (Å²) in [5, 5.41) is 3.39. The molecule has 15 heavy (non-hydrogen) atoms. The Kier molecular flexibility index (Phi) is 3.18. The lowest BCUT2D eigenvalue weighted by atomic mass is 10.4. The molecule has 0 bridgehead atoms. The average molecular weight is 303 g/mol. The van der Waals surface area contributed by atoms with Crippen molar-refractivity contribution >= 4 is 49.6 Å². The second kappa shape index (κ2) is 4.42. The number of aryl methyl sites for hydroxylation is 1. The molecule has 0 radical (unpaired) electrons. The van der Waals surface area contributed by atoms with Crippen LogP contribution in [0.1, 0.15) is 14.5 Å². The zero-order chi connectivity index (χ0) is 10.8. The van der Waals surface area contributed by atoms with E-state index in [0.717, 1.165) is 8.66 Å². The van der Waals surface area contributed by atoms with Gasteiger partial charge in [0.05, 0.1) is 8.66 Å². The largest absolute Gasteiger partial charge is 0.297 e. The molecule has 2 aromatic rings. The highest BCUT2D eigenvalue weighted by molar-refractivity contribution is 9.11. The third kappa shape index (κ3) is 2.64. The summed E-state index contributed by atoms with van der Waals surface area (Å²) in [6, 6.07) is 3.64. The first-order chi connectivity index (χ1) is 7.15. The molecular weight excluding hydrogens is 296 g/mol. The van der Waals surface area contributed by atoms with Gasteiger partial charge in [-0.25, -0.2) is 4.98 Å². The third-order valence-electron chi connectivity index (χ3n) is 1.64. The quantitative estimate of drug-likeness (QED) is 0.922. The molecule has 0 spiro atoms. The molecule has 6 heteroatoms. The lowest BCUT2D eigenvalue weighted by Crippen LogP contribution is -2.09. The van der Waals surface area contributed by atoms with Gasteiger partial charge < -0.3 is 0 Å². The van der Waals surface area contributed by atoms with Crippen molar-refractivity contribution in [2.45, 2.75) is 6.92 Å². The van der Waals surface area contributed by atoms with Gasteiger partial charge in [-0.15, -0.1) is 22.7 Å². The fourth-order valence-corrected chi connectivity index (χ4v) is 2.95. The molecule has 0 atom stereocenters. The lowest BCUT2D eigenvalue weighted by Gasteiger charge is -1.96. The zero-order valence-corrected chi connectivity index (χ0v) is 11.0. The molecule has 0 aliphatic heterocycles. The maximum absolute atomic E-state index is 11.7. The molecule has 0 saturated heterocycles. The molecule has 0 unspecified atom stereocenters. The zero-order valence-electron chi connectivity index (χ0n) is 7.78.